The van der Waals surface area contributed by atoms with Crippen LogP contribution in [0.2, 0.25) is 0 Å². The van der Waals surface area contributed by atoms with Gasteiger partial charge >= 0.3 is 6.18 Å². The second-order valence-electron chi connectivity index (χ2n) is 9.69. The first kappa shape index (κ1) is 29.7. The maximum Gasteiger partial charge on any atom is 0.408 e. The normalized spacial score (nSPS) is 16.7. The van der Waals surface area contributed by atoms with Gasteiger partial charge in [-0.1, -0.05) is 12.1 Å². The average Bonchev–Trinajstić information content (AvgIpc) is 3.57. The predicted molar refractivity (Wildman–Crippen MR) is 148 cm³/mol. The van der Waals surface area contributed by atoms with Crippen LogP contribution >= 0.6 is 24.8 Å². The molecule has 2 N–H and O–H groups in total. The second kappa shape index (κ2) is 10.9. The van der Waals surface area contributed by atoms with Crippen molar-refractivity contribution in [2.45, 2.75) is 31.6 Å². The zero-order chi connectivity index (χ0) is 26.8. The van der Waals surface area contributed by atoms with Crippen LogP contribution in [0.3, 0.4) is 0 Å². The van der Waals surface area contributed by atoms with Gasteiger partial charge in [0.15, 0.2) is 11.5 Å². The lowest BCUT2D eigenvalue weighted by Gasteiger charge is -2.30. The number of benzene rings is 1. The van der Waals surface area contributed by atoms with Gasteiger partial charge in [0.25, 0.3) is 0 Å². The number of pyridine rings is 2. The van der Waals surface area contributed by atoms with Crippen molar-refractivity contribution >= 4 is 41.4 Å². The third-order valence-electron chi connectivity index (χ3n) is 7.20. The average molecular weight is 597 g/mol. The second-order valence-corrected chi connectivity index (χ2v) is 9.69. The van der Waals surface area contributed by atoms with Crippen LogP contribution in [-0.2, 0) is 7.05 Å². The molecule has 5 heterocycles. The SMILES string of the molecule is Cc1c(-c2cc3nc(-c4nnc5ccc([C@@H](N6CC[C@H](N)C6)C(F)(F)F)cn45)ccc3cc2F)cnn1C.Cl.Cl. The number of aryl methyl sites for hydroxylation is 1. The maximum absolute atomic E-state index is 15.0. The molecule has 0 unspecified atom stereocenters. The summed E-state index contributed by atoms with van der Waals surface area (Å²) in [5.74, 6) is -0.119. The highest BCUT2D eigenvalue weighted by atomic mass is 35.5. The van der Waals surface area contributed by atoms with Gasteiger partial charge < -0.3 is 5.73 Å². The number of aromatic nitrogens is 6. The summed E-state index contributed by atoms with van der Waals surface area (Å²) in [7, 11) is 1.78. The lowest BCUT2D eigenvalue weighted by atomic mass is 10.0. The van der Waals surface area contributed by atoms with Crippen molar-refractivity contribution < 1.29 is 17.6 Å². The van der Waals surface area contributed by atoms with Crippen molar-refractivity contribution in [3.8, 4) is 22.6 Å². The Morgan fingerprint density at radius 2 is 1.82 bits per heavy atom. The van der Waals surface area contributed by atoms with E-state index in [9.17, 15) is 17.6 Å². The molecule has 6 rings (SSSR count). The van der Waals surface area contributed by atoms with Gasteiger partial charge in [-0.2, -0.15) is 18.3 Å². The monoisotopic (exact) mass is 596 g/mol. The minimum Gasteiger partial charge on any atom is -0.326 e. The van der Waals surface area contributed by atoms with Crippen molar-refractivity contribution in [1.29, 1.82) is 0 Å². The van der Waals surface area contributed by atoms with Crippen LogP contribution < -0.4 is 5.73 Å². The van der Waals surface area contributed by atoms with E-state index < -0.39 is 18.0 Å². The molecule has 14 heteroatoms. The molecule has 0 radical (unpaired) electrons. The Morgan fingerprint density at radius 1 is 1.05 bits per heavy atom. The van der Waals surface area contributed by atoms with Gasteiger partial charge in [0.2, 0.25) is 0 Å². The third kappa shape index (κ3) is 5.12. The number of hydrogen-bond donors (Lipinski definition) is 1. The molecule has 0 spiro atoms. The molecule has 0 aliphatic carbocycles. The van der Waals surface area contributed by atoms with Crippen molar-refractivity contribution in [2.75, 3.05) is 13.1 Å². The zero-order valence-corrected chi connectivity index (χ0v) is 23.1. The van der Waals surface area contributed by atoms with Gasteiger partial charge in [-0.25, -0.2) is 9.37 Å². The quantitative estimate of drug-likeness (QED) is 0.284. The lowest BCUT2D eigenvalue weighted by molar-refractivity contribution is -0.183. The molecule has 2 atom stereocenters. The van der Waals surface area contributed by atoms with Gasteiger partial charge in [0.05, 0.1) is 11.7 Å². The molecule has 5 aromatic rings. The summed E-state index contributed by atoms with van der Waals surface area (Å²) in [5, 5.41) is 13.1. The molecule has 1 aliphatic heterocycles. The molecule has 40 heavy (non-hydrogen) atoms. The number of nitrogens with zero attached hydrogens (tertiary/aromatic N) is 7. The number of likely N-dealkylation sites (tertiary alicyclic amines) is 1. The molecule has 0 amide bonds. The van der Waals surface area contributed by atoms with Crippen molar-refractivity contribution in [3.05, 3.63) is 65.9 Å². The van der Waals surface area contributed by atoms with Gasteiger partial charge in [-0.3, -0.25) is 14.0 Å². The Hall–Kier alpha value is -3.32. The Bertz CT molecular complexity index is 1680. The molecule has 1 saturated heterocycles. The lowest BCUT2D eigenvalue weighted by Crippen LogP contribution is -2.38. The Morgan fingerprint density at radius 3 is 2.48 bits per heavy atom. The highest BCUT2D eigenvalue weighted by molar-refractivity contribution is 5.86. The first-order valence-electron chi connectivity index (χ1n) is 12.1. The number of alkyl halides is 3. The standard InChI is InChI=1S/C26H24F4N8.2ClH/c1-14-19(11-32-36(14)2)18-10-22-15(9-20(18)27)3-5-21(33-22)25-35-34-23-6-4-16(12-38(23)25)24(26(28,29)30)37-8-7-17(31)13-37;;/h3-6,9-12,17,24H,7-8,13,31H2,1-2H3;2*1H/t17-,24+;;/m0../s1. The summed E-state index contributed by atoms with van der Waals surface area (Å²) in [4.78, 5) is 6.04. The molecule has 212 valence electrons. The molecule has 4 aromatic heterocycles. The van der Waals surface area contributed by atoms with Crippen LogP contribution in [0, 0.1) is 12.7 Å². The van der Waals surface area contributed by atoms with Gasteiger partial charge in [-0.05, 0) is 43.2 Å². The minimum atomic E-state index is -4.49. The highest BCUT2D eigenvalue weighted by Gasteiger charge is 2.46. The van der Waals surface area contributed by atoms with E-state index in [0.29, 0.717) is 39.8 Å². The summed E-state index contributed by atoms with van der Waals surface area (Å²) in [6.45, 7) is 2.28. The summed E-state index contributed by atoms with van der Waals surface area (Å²) in [6, 6.07) is 7.26. The fraction of sp³-hybridized carbons (Fsp3) is 0.308. The molecule has 0 bridgehead atoms. The van der Waals surface area contributed by atoms with Crippen molar-refractivity contribution in [1.82, 2.24) is 34.3 Å². The zero-order valence-electron chi connectivity index (χ0n) is 21.4. The number of nitrogens with two attached hydrogens (primary N) is 1. The third-order valence-corrected chi connectivity index (χ3v) is 7.20. The molecular formula is C26H26Cl2F4N8. The van der Waals surface area contributed by atoms with Gasteiger partial charge in [0.1, 0.15) is 17.6 Å². The maximum atomic E-state index is 15.0. The number of hydrogen-bond acceptors (Lipinski definition) is 6. The van der Waals surface area contributed by atoms with Gasteiger partial charge in [-0.15, -0.1) is 35.0 Å². The van der Waals surface area contributed by atoms with Crippen LogP contribution in [0.4, 0.5) is 17.6 Å². The smallest absolute Gasteiger partial charge is 0.326 e. The predicted octanol–water partition coefficient (Wildman–Crippen LogP) is 5.27. The molecule has 1 fully saturated rings. The van der Waals surface area contributed by atoms with Crippen LogP contribution in [0.5, 0.6) is 0 Å². The largest absolute Gasteiger partial charge is 0.408 e. The molecule has 1 aromatic carbocycles. The molecule has 1 aliphatic rings. The van der Waals surface area contributed by atoms with E-state index in [1.165, 1.54) is 33.7 Å². The summed E-state index contributed by atoms with van der Waals surface area (Å²) < 4.78 is 60.6. The van der Waals surface area contributed by atoms with Crippen molar-refractivity contribution in [3.63, 3.8) is 0 Å². The number of halogens is 6. The van der Waals surface area contributed by atoms with Crippen LogP contribution in [0.15, 0.2) is 48.8 Å². The first-order valence-corrected chi connectivity index (χ1v) is 12.1. The Kier molecular flexibility index (Phi) is 8.10. The van der Waals surface area contributed by atoms with E-state index in [1.807, 2.05) is 6.92 Å². The topological polar surface area (TPSA) is 90.2 Å². The van der Waals surface area contributed by atoms with Gasteiger partial charge in [0, 0.05) is 54.6 Å². The highest BCUT2D eigenvalue weighted by Crippen LogP contribution is 2.39. The van der Waals surface area contributed by atoms with Crippen LogP contribution in [0.1, 0.15) is 23.7 Å². The summed E-state index contributed by atoms with van der Waals surface area (Å²) in [6.07, 6.45) is -0.970. The Balaban J connectivity index is 0.00000185. The summed E-state index contributed by atoms with van der Waals surface area (Å²) in [5.41, 5.74) is 9.07. The van der Waals surface area contributed by atoms with Crippen molar-refractivity contribution in [2.24, 2.45) is 12.8 Å². The fourth-order valence-corrected chi connectivity index (χ4v) is 5.14. The minimum absolute atomic E-state index is 0. The van der Waals surface area contributed by atoms with E-state index in [2.05, 4.69) is 20.3 Å². The van der Waals surface area contributed by atoms with Crippen LogP contribution in [-0.4, -0.2) is 59.6 Å². The van der Waals surface area contributed by atoms with Crippen LogP contribution in [0.25, 0.3) is 39.2 Å². The summed E-state index contributed by atoms with van der Waals surface area (Å²) >= 11 is 0. The number of rotatable bonds is 4. The van der Waals surface area contributed by atoms with E-state index in [0.717, 1.165) is 5.69 Å². The van der Waals surface area contributed by atoms with E-state index in [1.54, 1.807) is 36.1 Å². The molecular weight excluding hydrogens is 571 g/mol. The van der Waals surface area contributed by atoms with E-state index in [4.69, 9.17) is 5.73 Å². The Labute approximate surface area is 239 Å². The fourth-order valence-electron chi connectivity index (χ4n) is 5.14. The molecule has 8 nitrogen and oxygen atoms in total. The van der Waals surface area contributed by atoms with E-state index in [-0.39, 0.29) is 55.3 Å². The van der Waals surface area contributed by atoms with E-state index >= 15 is 0 Å². The first-order chi connectivity index (χ1) is 18.1. The number of fused-ring (bicyclic) bond motifs is 2. The molecule has 0 saturated carbocycles.